The highest BCUT2D eigenvalue weighted by Gasteiger charge is 2.19. The van der Waals surface area contributed by atoms with Crippen LogP contribution in [0.3, 0.4) is 0 Å². The molecule has 0 saturated carbocycles. The van der Waals surface area contributed by atoms with Gasteiger partial charge >= 0.3 is 0 Å². The van der Waals surface area contributed by atoms with Crippen molar-refractivity contribution in [1.82, 2.24) is 10.6 Å². The first-order valence-corrected chi connectivity index (χ1v) is 12.2. The van der Waals surface area contributed by atoms with Crippen LogP contribution in [0.5, 0.6) is 0 Å². The molecule has 2 heterocycles. The number of nitrogens with one attached hydrogen (secondary N) is 2. The molecule has 6 heteroatoms. The molecule has 1 atom stereocenters. The van der Waals surface area contributed by atoms with Crippen LogP contribution >= 0.6 is 0 Å². The molecule has 182 valence electrons. The number of amides is 2. The SMILES string of the molecule is Cc1ccc(C(=O)N/C(=C\c2ccco2)C(=O)N[C@@H](C)c2ccc(N3CCC(C)CC3)cc2)cc1. The first-order valence-electron chi connectivity index (χ1n) is 12.2. The molecule has 2 N–H and O–H groups in total. The molecule has 1 aliphatic heterocycles. The Morgan fingerprint density at radius 1 is 1.03 bits per heavy atom. The van der Waals surface area contributed by atoms with Gasteiger partial charge in [-0.2, -0.15) is 0 Å². The Morgan fingerprint density at radius 3 is 2.34 bits per heavy atom. The van der Waals surface area contributed by atoms with Crippen LogP contribution in [0.25, 0.3) is 6.08 Å². The van der Waals surface area contributed by atoms with Crippen molar-refractivity contribution in [3.8, 4) is 0 Å². The minimum atomic E-state index is -0.386. The van der Waals surface area contributed by atoms with Crippen molar-refractivity contribution < 1.29 is 14.0 Å². The van der Waals surface area contributed by atoms with Gasteiger partial charge in [-0.15, -0.1) is 0 Å². The molecule has 0 aliphatic carbocycles. The molecule has 1 aliphatic rings. The smallest absolute Gasteiger partial charge is 0.268 e. The number of carbonyl (C=O) groups excluding carboxylic acids is 2. The summed E-state index contributed by atoms with van der Waals surface area (Å²) in [6.07, 6.45) is 5.49. The maximum atomic E-state index is 13.2. The van der Waals surface area contributed by atoms with Gasteiger partial charge < -0.3 is 20.0 Å². The molecular weight excluding hydrogens is 438 g/mol. The van der Waals surface area contributed by atoms with E-state index in [-0.39, 0.29) is 23.6 Å². The van der Waals surface area contributed by atoms with E-state index in [1.165, 1.54) is 30.9 Å². The van der Waals surface area contributed by atoms with Gasteiger partial charge in [0.1, 0.15) is 11.5 Å². The Kier molecular flexibility index (Phi) is 7.70. The molecule has 2 amide bonds. The molecule has 1 saturated heterocycles. The predicted octanol–water partition coefficient (Wildman–Crippen LogP) is 5.47. The zero-order chi connectivity index (χ0) is 24.8. The molecule has 6 nitrogen and oxygen atoms in total. The van der Waals surface area contributed by atoms with Crippen LogP contribution < -0.4 is 15.5 Å². The molecule has 35 heavy (non-hydrogen) atoms. The van der Waals surface area contributed by atoms with Crippen LogP contribution in [0.15, 0.2) is 77.0 Å². The Labute approximate surface area is 207 Å². The predicted molar refractivity (Wildman–Crippen MR) is 139 cm³/mol. The highest BCUT2D eigenvalue weighted by molar-refractivity contribution is 6.05. The Balaban J connectivity index is 1.45. The highest BCUT2D eigenvalue weighted by atomic mass is 16.3. The molecule has 4 rings (SSSR count). The summed E-state index contributed by atoms with van der Waals surface area (Å²) in [5.41, 5.74) is 3.86. The van der Waals surface area contributed by atoms with Crippen molar-refractivity contribution in [2.45, 2.75) is 39.7 Å². The topological polar surface area (TPSA) is 74.6 Å². The van der Waals surface area contributed by atoms with Crippen LogP contribution in [0.1, 0.15) is 60.0 Å². The van der Waals surface area contributed by atoms with Gasteiger partial charge in [-0.3, -0.25) is 9.59 Å². The van der Waals surface area contributed by atoms with E-state index in [2.05, 4.69) is 46.7 Å². The van der Waals surface area contributed by atoms with E-state index in [1.54, 1.807) is 24.3 Å². The van der Waals surface area contributed by atoms with Gasteiger partial charge in [0, 0.05) is 30.4 Å². The quantitative estimate of drug-likeness (QED) is 0.448. The van der Waals surface area contributed by atoms with Crippen molar-refractivity contribution >= 4 is 23.6 Å². The van der Waals surface area contributed by atoms with Crippen LogP contribution in [-0.4, -0.2) is 24.9 Å². The van der Waals surface area contributed by atoms with Gasteiger partial charge in [-0.1, -0.05) is 36.8 Å². The molecular formula is C29H33N3O3. The number of aryl methyl sites for hydroxylation is 1. The van der Waals surface area contributed by atoms with Gasteiger partial charge in [-0.25, -0.2) is 0 Å². The summed E-state index contributed by atoms with van der Waals surface area (Å²) in [5.74, 6) is 0.525. The zero-order valence-electron chi connectivity index (χ0n) is 20.6. The summed E-state index contributed by atoms with van der Waals surface area (Å²) in [7, 11) is 0. The Morgan fingerprint density at radius 2 is 1.71 bits per heavy atom. The lowest BCUT2D eigenvalue weighted by molar-refractivity contribution is -0.118. The average molecular weight is 472 g/mol. The number of furan rings is 1. The monoisotopic (exact) mass is 471 g/mol. The van der Waals surface area contributed by atoms with Gasteiger partial charge in [0.15, 0.2) is 0 Å². The van der Waals surface area contributed by atoms with E-state index >= 15 is 0 Å². The van der Waals surface area contributed by atoms with Crippen LogP contribution in [0, 0.1) is 12.8 Å². The number of nitrogens with zero attached hydrogens (tertiary/aromatic N) is 1. The molecule has 0 bridgehead atoms. The van der Waals surface area contributed by atoms with Crippen LogP contribution in [-0.2, 0) is 4.79 Å². The van der Waals surface area contributed by atoms with Crippen LogP contribution in [0.4, 0.5) is 5.69 Å². The molecule has 3 aromatic rings. The summed E-state index contributed by atoms with van der Waals surface area (Å²) < 4.78 is 5.37. The Bertz CT molecular complexity index is 1160. The zero-order valence-corrected chi connectivity index (χ0v) is 20.6. The standard InChI is InChI=1S/C29H33N3O3/c1-20-6-8-24(9-7-20)28(33)31-27(19-26-5-4-18-35-26)29(34)30-22(3)23-10-12-25(13-11-23)32-16-14-21(2)15-17-32/h4-13,18-19,21-22H,14-17H2,1-3H3,(H,30,34)(H,31,33)/b27-19-/t22-/m0/s1. The first kappa shape index (κ1) is 24.3. The maximum Gasteiger partial charge on any atom is 0.268 e. The normalized spacial score (nSPS) is 15.5. The fourth-order valence-electron chi connectivity index (χ4n) is 4.17. The van der Waals surface area contributed by atoms with Crippen molar-refractivity contribution in [2.75, 3.05) is 18.0 Å². The maximum absolute atomic E-state index is 13.2. The van der Waals surface area contributed by atoms with Gasteiger partial charge in [-0.05, 0) is 74.6 Å². The second-order valence-corrected chi connectivity index (χ2v) is 9.35. The Hall–Kier alpha value is -3.80. The summed E-state index contributed by atoms with van der Waals surface area (Å²) >= 11 is 0. The van der Waals surface area contributed by atoms with E-state index in [0.29, 0.717) is 11.3 Å². The number of anilines is 1. The second kappa shape index (κ2) is 11.1. The van der Waals surface area contributed by atoms with E-state index in [0.717, 1.165) is 30.1 Å². The highest BCUT2D eigenvalue weighted by Crippen LogP contribution is 2.24. The van der Waals surface area contributed by atoms with E-state index < -0.39 is 0 Å². The van der Waals surface area contributed by atoms with Gasteiger partial charge in [0.05, 0.1) is 12.3 Å². The number of benzene rings is 2. The lowest BCUT2D eigenvalue weighted by atomic mass is 9.98. The third-order valence-corrected chi connectivity index (χ3v) is 6.53. The lowest BCUT2D eigenvalue weighted by Gasteiger charge is -2.32. The molecule has 2 aromatic carbocycles. The number of rotatable bonds is 7. The summed E-state index contributed by atoms with van der Waals surface area (Å²) in [6, 6.07) is 18.8. The number of hydrogen-bond acceptors (Lipinski definition) is 4. The average Bonchev–Trinajstić information content (AvgIpc) is 3.38. The number of piperidine rings is 1. The third-order valence-electron chi connectivity index (χ3n) is 6.53. The van der Waals surface area contributed by atoms with Gasteiger partial charge in [0.25, 0.3) is 11.8 Å². The summed E-state index contributed by atoms with van der Waals surface area (Å²) in [6.45, 7) is 8.35. The van der Waals surface area contributed by atoms with Gasteiger partial charge in [0.2, 0.25) is 0 Å². The molecule has 0 spiro atoms. The molecule has 1 aromatic heterocycles. The second-order valence-electron chi connectivity index (χ2n) is 9.35. The fraction of sp³-hybridized carbons (Fsp3) is 0.310. The van der Waals surface area contributed by atoms with Crippen molar-refractivity contribution in [2.24, 2.45) is 5.92 Å². The lowest BCUT2D eigenvalue weighted by Crippen LogP contribution is -2.36. The minimum absolute atomic E-state index is 0.122. The third kappa shape index (κ3) is 6.41. The summed E-state index contributed by atoms with van der Waals surface area (Å²) in [4.78, 5) is 28.4. The van der Waals surface area contributed by atoms with E-state index in [4.69, 9.17) is 4.42 Å². The first-order chi connectivity index (χ1) is 16.9. The van der Waals surface area contributed by atoms with E-state index in [1.807, 2.05) is 26.0 Å². The number of carbonyl (C=O) groups is 2. The summed E-state index contributed by atoms with van der Waals surface area (Å²) in [5, 5.41) is 5.75. The van der Waals surface area contributed by atoms with Crippen molar-refractivity contribution in [3.05, 3.63) is 95.1 Å². The van der Waals surface area contributed by atoms with Crippen molar-refractivity contribution in [1.29, 1.82) is 0 Å². The molecule has 0 unspecified atom stereocenters. The van der Waals surface area contributed by atoms with E-state index in [9.17, 15) is 9.59 Å². The number of hydrogen-bond donors (Lipinski definition) is 2. The minimum Gasteiger partial charge on any atom is -0.465 e. The fourth-order valence-corrected chi connectivity index (χ4v) is 4.17. The largest absolute Gasteiger partial charge is 0.465 e. The molecule has 0 radical (unpaired) electrons. The van der Waals surface area contributed by atoms with Crippen molar-refractivity contribution in [3.63, 3.8) is 0 Å². The van der Waals surface area contributed by atoms with Crippen LogP contribution in [0.2, 0.25) is 0 Å². The molecule has 1 fully saturated rings.